The van der Waals surface area contributed by atoms with E-state index in [2.05, 4.69) is 107 Å². The molecule has 4 aromatic carbocycles. The third-order valence-corrected chi connectivity index (χ3v) is 7.66. The van der Waals surface area contributed by atoms with Crippen LogP contribution in [0, 0.1) is 5.92 Å². The van der Waals surface area contributed by atoms with Crippen molar-refractivity contribution < 1.29 is 4.42 Å². The van der Waals surface area contributed by atoms with Crippen LogP contribution in [0.4, 0.5) is 17.1 Å². The molecule has 168 valence electrons. The van der Waals surface area contributed by atoms with E-state index in [1.165, 1.54) is 40.2 Å². The molecule has 3 nitrogen and oxygen atoms in total. The molecule has 0 amide bonds. The molecule has 8 rings (SSSR count). The van der Waals surface area contributed by atoms with Gasteiger partial charge in [0, 0.05) is 33.8 Å². The van der Waals surface area contributed by atoms with Crippen LogP contribution in [0.5, 0.6) is 0 Å². The Bertz CT molecular complexity index is 1690. The maximum absolute atomic E-state index is 6.45. The lowest BCUT2D eigenvalue weighted by Crippen LogP contribution is -2.15. The Hall–Kier alpha value is -4.24. The Kier molecular flexibility index (Phi) is 3.89. The highest BCUT2D eigenvalue weighted by molar-refractivity contribution is 6.09. The Morgan fingerprint density at radius 2 is 1.66 bits per heavy atom. The summed E-state index contributed by atoms with van der Waals surface area (Å²) >= 11 is 0. The smallest absolute Gasteiger partial charge is 0.159 e. The van der Waals surface area contributed by atoms with Crippen molar-refractivity contribution in [3.8, 4) is 0 Å². The van der Waals surface area contributed by atoms with Crippen LogP contribution in [0.15, 0.2) is 119 Å². The van der Waals surface area contributed by atoms with Gasteiger partial charge in [0.15, 0.2) is 5.58 Å². The molecule has 2 heterocycles. The van der Waals surface area contributed by atoms with E-state index in [-0.39, 0.29) is 0 Å². The van der Waals surface area contributed by atoms with Crippen molar-refractivity contribution in [1.82, 2.24) is 0 Å². The minimum atomic E-state index is 0.314. The fourth-order valence-electron chi connectivity index (χ4n) is 5.82. The number of nitrogens with zero attached hydrogens (tertiary/aromatic N) is 1. The topological polar surface area (TPSA) is 28.4 Å². The molecule has 0 bridgehead atoms. The summed E-state index contributed by atoms with van der Waals surface area (Å²) in [5.74, 6) is 0.612. The largest absolute Gasteiger partial charge is 0.454 e. The molecule has 0 spiro atoms. The van der Waals surface area contributed by atoms with Crippen molar-refractivity contribution in [1.29, 1.82) is 0 Å². The van der Waals surface area contributed by atoms with Crippen molar-refractivity contribution in [2.75, 3.05) is 10.2 Å². The first kappa shape index (κ1) is 19.1. The molecule has 2 atom stereocenters. The Balaban J connectivity index is 1.26. The summed E-state index contributed by atoms with van der Waals surface area (Å²) in [6, 6.07) is 32.7. The van der Waals surface area contributed by atoms with Crippen LogP contribution >= 0.6 is 0 Å². The first-order valence-corrected chi connectivity index (χ1v) is 12.4. The van der Waals surface area contributed by atoms with Gasteiger partial charge >= 0.3 is 0 Å². The second-order valence-electron chi connectivity index (χ2n) is 9.86. The van der Waals surface area contributed by atoms with Crippen LogP contribution in [-0.2, 0) is 6.42 Å². The van der Waals surface area contributed by atoms with E-state index in [0.29, 0.717) is 12.0 Å². The lowest BCUT2D eigenvalue weighted by atomic mass is 10.0. The normalized spacial score (nSPS) is 19.8. The van der Waals surface area contributed by atoms with E-state index < -0.39 is 0 Å². The predicted molar refractivity (Wildman–Crippen MR) is 143 cm³/mol. The number of hydrogen-bond acceptors (Lipinski definition) is 3. The van der Waals surface area contributed by atoms with Crippen LogP contribution in [-0.4, -0.2) is 0 Å². The summed E-state index contributed by atoms with van der Waals surface area (Å²) in [5, 5.41) is 6.04. The molecule has 2 aliphatic carbocycles. The molecule has 1 fully saturated rings. The summed E-state index contributed by atoms with van der Waals surface area (Å²) in [5.41, 5.74) is 10.8. The number of allylic oxidation sites excluding steroid dienone is 3. The summed E-state index contributed by atoms with van der Waals surface area (Å²) in [4.78, 5) is 2.39. The molecular weight excluding hydrogens is 428 g/mol. The number of rotatable bonds is 4. The highest BCUT2D eigenvalue weighted by Crippen LogP contribution is 2.50. The molecule has 5 aromatic rings. The van der Waals surface area contributed by atoms with Gasteiger partial charge in [0.25, 0.3) is 0 Å². The number of fused-ring (bicyclic) bond motifs is 5. The predicted octanol–water partition coefficient (Wildman–Crippen LogP) is 8.28. The fourth-order valence-corrected chi connectivity index (χ4v) is 5.82. The number of anilines is 3. The lowest BCUT2D eigenvalue weighted by molar-refractivity contribution is 0.669. The Morgan fingerprint density at radius 1 is 0.800 bits per heavy atom. The minimum Gasteiger partial charge on any atom is -0.454 e. The number of para-hydroxylation sites is 2. The second kappa shape index (κ2) is 7.13. The van der Waals surface area contributed by atoms with E-state index in [1.807, 2.05) is 6.07 Å². The van der Waals surface area contributed by atoms with Crippen LogP contribution in [0.3, 0.4) is 0 Å². The zero-order valence-corrected chi connectivity index (χ0v) is 19.2. The van der Waals surface area contributed by atoms with Gasteiger partial charge in [0.1, 0.15) is 5.58 Å². The first-order valence-electron chi connectivity index (χ1n) is 12.4. The van der Waals surface area contributed by atoms with Crippen molar-refractivity contribution >= 4 is 39.0 Å². The van der Waals surface area contributed by atoms with Crippen LogP contribution < -0.4 is 10.2 Å². The summed E-state index contributed by atoms with van der Waals surface area (Å²) < 4.78 is 6.45. The lowest BCUT2D eigenvalue weighted by Gasteiger charge is -2.26. The van der Waals surface area contributed by atoms with Gasteiger partial charge < -0.3 is 14.6 Å². The Morgan fingerprint density at radius 3 is 2.54 bits per heavy atom. The van der Waals surface area contributed by atoms with Crippen LogP contribution in [0.2, 0.25) is 0 Å². The van der Waals surface area contributed by atoms with E-state index in [0.717, 1.165) is 34.0 Å². The van der Waals surface area contributed by atoms with Crippen LogP contribution in [0.25, 0.3) is 21.9 Å². The van der Waals surface area contributed by atoms with Gasteiger partial charge in [0.2, 0.25) is 0 Å². The molecule has 1 N–H and O–H groups in total. The zero-order valence-electron chi connectivity index (χ0n) is 19.2. The molecule has 0 radical (unpaired) electrons. The molecule has 35 heavy (non-hydrogen) atoms. The Labute approximate surface area is 204 Å². The molecule has 1 saturated carbocycles. The quantitative estimate of drug-likeness (QED) is 0.297. The minimum absolute atomic E-state index is 0.314. The molecule has 1 aliphatic heterocycles. The average Bonchev–Trinajstić information content (AvgIpc) is 3.25. The van der Waals surface area contributed by atoms with Crippen LogP contribution in [0.1, 0.15) is 23.6 Å². The fraction of sp³-hybridized carbons (Fsp3) is 0.125. The van der Waals surface area contributed by atoms with E-state index in [9.17, 15) is 0 Å². The summed E-state index contributed by atoms with van der Waals surface area (Å²) in [6.07, 6.45) is 6.97. The number of benzene rings is 4. The van der Waals surface area contributed by atoms with Crippen molar-refractivity contribution in [3.05, 3.63) is 126 Å². The van der Waals surface area contributed by atoms with Crippen molar-refractivity contribution in [3.63, 3.8) is 0 Å². The SMILES string of the molecule is C1=C2CC2C=C1N(c1ccc2c(c1)CC(c1ccccc1)N2)c1cccc2c1oc1ccccc12. The molecule has 3 aliphatic rings. The third kappa shape index (κ3) is 2.98. The number of hydrogen-bond donors (Lipinski definition) is 1. The monoisotopic (exact) mass is 452 g/mol. The molecule has 0 saturated heterocycles. The van der Waals surface area contributed by atoms with Crippen molar-refractivity contribution in [2.24, 2.45) is 5.92 Å². The van der Waals surface area contributed by atoms with E-state index in [4.69, 9.17) is 4.42 Å². The van der Waals surface area contributed by atoms with E-state index in [1.54, 1.807) is 0 Å². The average molecular weight is 453 g/mol. The van der Waals surface area contributed by atoms with Crippen molar-refractivity contribution in [2.45, 2.75) is 18.9 Å². The standard InChI is InChI=1S/C32H24N2O/c1-2-7-20(8-3-1)29-19-23-18-24(13-14-28(23)33-29)34(25-16-21-15-22(21)17-25)30-11-6-10-27-26-9-4-5-12-31(26)35-32(27)30/h1-14,16-18,21,29,33H,15,19H2. The molecular formula is C32H24N2O. The molecule has 3 heteroatoms. The molecule has 1 aromatic heterocycles. The van der Waals surface area contributed by atoms with E-state index >= 15 is 0 Å². The maximum atomic E-state index is 6.45. The van der Waals surface area contributed by atoms with Gasteiger partial charge in [-0.2, -0.15) is 0 Å². The van der Waals surface area contributed by atoms with Gasteiger partial charge in [0.05, 0.1) is 11.7 Å². The number of nitrogens with one attached hydrogen (secondary N) is 1. The summed E-state index contributed by atoms with van der Waals surface area (Å²) in [6.45, 7) is 0. The maximum Gasteiger partial charge on any atom is 0.159 e. The first-order chi connectivity index (χ1) is 17.3. The third-order valence-electron chi connectivity index (χ3n) is 7.66. The summed E-state index contributed by atoms with van der Waals surface area (Å²) in [7, 11) is 0. The second-order valence-corrected chi connectivity index (χ2v) is 9.86. The highest BCUT2D eigenvalue weighted by Gasteiger charge is 2.35. The van der Waals surface area contributed by atoms with Gasteiger partial charge in [-0.25, -0.2) is 0 Å². The van der Waals surface area contributed by atoms with Gasteiger partial charge in [-0.15, -0.1) is 0 Å². The van der Waals surface area contributed by atoms with Gasteiger partial charge in [-0.3, -0.25) is 0 Å². The van der Waals surface area contributed by atoms with Gasteiger partial charge in [-0.05, 0) is 60.4 Å². The number of furan rings is 1. The van der Waals surface area contributed by atoms with Gasteiger partial charge in [-0.1, -0.05) is 72.3 Å². The zero-order chi connectivity index (χ0) is 22.9. The highest BCUT2D eigenvalue weighted by atomic mass is 16.3. The molecule has 2 unspecified atom stereocenters.